The van der Waals surface area contributed by atoms with Crippen LogP contribution >= 0.6 is 11.3 Å². The summed E-state index contributed by atoms with van der Waals surface area (Å²) in [5, 5.41) is 11.0. The van der Waals surface area contributed by atoms with Gasteiger partial charge in [-0.05, 0) is 31.9 Å². The fourth-order valence-corrected chi connectivity index (χ4v) is 4.00. The zero-order valence-electron chi connectivity index (χ0n) is 14.0. The molecule has 0 spiro atoms. The van der Waals surface area contributed by atoms with Gasteiger partial charge in [0.15, 0.2) is 0 Å². The molecule has 1 amide bonds. The van der Waals surface area contributed by atoms with Crippen molar-refractivity contribution < 1.29 is 9.90 Å². The minimum atomic E-state index is -0.938. The third-order valence-electron chi connectivity index (χ3n) is 4.26. The monoisotopic (exact) mass is 346 g/mol. The van der Waals surface area contributed by atoms with E-state index < -0.39 is 5.60 Å². The van der Waals surface area contributed by atoms with Gasteiger partial charge in [0.05, 0.1) is 23.2 Å². The van der Waals surface area contributed by atoms with Crippen LogP contribution in [-0.2, 0) is 0 Å². The van der Waals surface area contributed by atoms with Crippen molar-refractivity contribution in [3.63, 3.8) is 0 Å². The summed E-state index contributed by atoms with van der Waals surface area (Å²) in [4.78, 5) is 26.4. The van der Waals surface area contributed by atoms with Crippen molar-refractivity contribution in [2.45, 2.75) is 25.4 Å². The van der Waals surface area contributed by atoms with Gasteiger partial charge in [-0.1, -0.05) is 0 Å². The first kappa shape index (κ1) is 16.9. The van der Waals surface area contributed by atoms with Crippen molar-refractivity contribution in [2.75, 3.05) is 31.6 Å². The number of aliphatic hydroxyl groups is 1. The number of hydrogen-bond acceptors (Lipinski definition) is 6. The second-order valence-corrected chi connectivity index (χ2v) is 7.67. The molecule has 1 aliphatic heterocycles. The van der Waals surface area contributed by atoms with E-state index >= 15 is 0 Å². The number of likely N-dealkylation sites (N-methyl/N-ethyl adjacent to an activating group) is 1. The van der Waals surface area contributed by atoms with E-state index in [4.69, 9.17) is 0 Å². The van der Waals surface area contributed by atoms with Gasteiger partial charge in [0.2, 0.25) is 0 Å². The molecule has 128 valence electrons. The summed E-state index contributed by atoms with van der Waals surface area (Å²) in [7, 11) is 1.75. The Bertz CT molecular complexity index is 706. The summed E-state index contributed by atoms with van der Waals surface area (Å²) < 4.78 is 0. The highest BCUT2D eigenvalue weighted by Crippen LogP contribution is 2.26. The van der Waals surface area contributed by atoms with E-state index in [0.29, 0.717) is 24.4 Å². The number of β-amino-alcohol motifs (C(OH)–C–C–N with tert-alkyl or cyclic N) is 1. The number of thiophene rings is 1. The number of anilines is 1. The van der Waals surface area contributed by atoms with E-state index in [1.165, 1.54) is 11.3 Å². The predicted molar refractivity (Wildman–Crippen MR) is 94.4 cm³/mol. The highest BCUT2D eigenvalue weighted by atomic mass is 32.1. The van der Waals surface area contributed by atoms with Gasteiger partial charge < -0.3 is 14.9 Å². The average Bonchev–Trinajstić information content (AvgIpc) is 3.01. The molecule has 0 saturated carbocycles. The lowest BCUT2D eigenvalue weighted by Crippen LogP contribution is -2.54. The number of aryl methyl sites for hydroxylation is 1. The Morgan fingerprint density at radius 3 is 2.96 bits per heavy atom. The largest absolute Gasteiger partial charge is 0.386 e. The van der Waals surface area contributed by atoms with Crippen molar-refractivity contribution in [3.05, 3.63) is 40.5 Å². The number of aromatic nitrogens is 2. The summed E-state index contributed by atoms with van der Waals surface area (Å²) in [6.45, 7) is 3.57. The maximum atomic E-state index is 12.5. The summed E-state index contributed by atoms with van der Waals surface area (Å²) >= 11 is 1.48. The van der Waals surface area contributed by atoms with Crippen LogP contribution in [0.25, 0.3) is 0 Å². The van der Waals surface area contributed by atoms with Gasteiger partial charge in [0, 0.05) is 37.4 Å². The zero-order chi connectivity index (χ0) is 17.2. The number of hydrogen-bond donors (Lipinski definition) is 1. The topological polar surface area (TPSA) is 69.6 Å². The maximum absolute atomic E-state index is 12.5. The molecule has 7 heteroatoms. The van der Waals surface area contributed by atoms with Gasteiger partial charge in [-0.3, -0.25) is 9.78 Å². The number of nitrogens with zero attached hydrogens (tertiary/aromatic N) is 4. The fraction of sp³-hybridized carbons (Fsp3) is 0.471. The van der Waals surface area contributed by atoms with Crippen molar-refractivity contribution in [3.8, 4) is 0 Å². The van der Waals surface area contributed by atoms with Crippen LogP contribution in [0.3, 0.4) is 0 Å². The van der Waals surface area contributed by atoms with E-state index in [2.05, 4.69) is 9.97 Å². The summed E-state index contributed by atoms with van der Waals surface area (Å²) in [6.07, 6.45) is 6.51. The third kappa shape index (κ3) is 3.73. The summed E-state index contributed by atoms with van der Waals surface area (Å²) in [5.41, 5.74) is -0.938. The minimum absolute atomic E-state index is 0.0434. The van der Waals surface area contributed by atoms with Crippen LogP contribution in [0.15, 0.2) is 30.7 Å². The number of rotatable bonds is 4. The van der Waals surface area contributed by atoms with Gasteiger partial charge >= 0.3 is 0 Å². The molecule has 0 aliphatic carbocycles. The normalized spacial score (nSPS) is 20.9. The maximum Gasteiger partial charge on any atom is 0.263 e. The predicted octanol–water partition coefficient (Wildman–Crippen LogP) is 1.95. The number of piperidine rings is 1. The molecular weight excluding hydrogens is 324 g/mol. The van der Waals surface area contributed by atoms with E-state index in [1.807, 2.05) is 24.0 Å². The van der Waals surface area contributed by atoms with Gasteiger partial charge in [0.1, 0.15) is 5.82 Å². The Balaban J connectivity index is 1.67. The standard InChI is InChI=1S/C17H22N4O2S/c1-13-4-5-14(24-13)16(22)20(2)11-17(23)6-3-9-21(12-17)15-10-18-7-8-19-15/h4-5,7-8,10,23H,3,6,9,11-12H2,1-2H3/t17-/m0/s1. The fourth-order valence-electron chi connectivity index (χ4n) is 3.14. The van der Waals surface area contributed by atoms with Crippen LogP contribution in [0.4, 0.5) is 5.82 Å². The molecule has 0 radical (unpaired) electrons. The van der Waals surface area contributed by atoms with Crippen molar-refractivity contribution >= 4 is 23.1 Å². The molecule has 3 rings (SSSR count). The van der Waals surface area contributed by atoms with Crippen LogP contribution in [0.5, 0.6) is 0 Å². The highest BCUT2D eigenvalue weighted by Gasteiger charge is 2.36. The number of carbonyl (C=O) groups is 1. The molecule has 0 bridgehead atoms. The first-order chi connectivity index (χ1) is 11.5. The molecule has 6 nitrogen and oxygen atoms in total. The molecule has 1 N–H and O–H groups in total. The third-order valence-corrected chi connectivity index (χ3v) is 5.25. The Morgan fingerprint density at radius 1 is 1.46 bits per heavy atom. The molecule has 2 aromatic heterocycles. The first-order valence-corrected chi connectivity index (χ1v) is 8.84. The van der Waals surface area contributed by atoms with Crippen LogP contribution < -0.4 is 4.90 Å². The van der Waals surface area contributed by atoms with Crippen LogP contribution in [-0.4, -0.2) is 58.2 Å². The lowest BCUT2D eigenvalue weighted by Gasteiger charge is -2.41. The SMILES string of the molecule is Cc1ccc(C(=O)N(C)C[C@@]2(O)CCCN(c3cnccn3)C2)s1. The zero-order valence-corrected chi connectivity index (χ0v) is 14.8. The lowest BCUT2D eigenvalue weighted by molar-refractivity contribution is -0.0000214. The molecule has 1 aliphatic rings. The van der Waals surface area contributed by atoms with Crippen LogP contribution in [0.2, 0.25) is 0 Å². The quantitative estimate of drug-likeness (QED) is 0.916. The van der Waals surface area contributed by atoms with Gasteiger partial charge in [-0.15, -0.1) is 11.3 Å². The first-order valence-electron chi connectivity index (χ1n) is 8.02. The minimum Gasteiger partial charge on any atom is -0.386 e. The molecule has 0 unspecified atom stereocenters. The molecule has 2 aromatic rings. The summed E-state index contributed by atoms with van der Waals surface area (Å²) in [5.74, 6) is 0.719. The molecule has 0 aromatic carbocycles. The smallest absolute Gasteiger partial charge is 0.263 e. The van der Waals surface area contributed by atoms with Crippen LogP contribution in [0.1, 0.15) is 27.4 Å². The van der Waals surface area contributed by atoms with E-state index in [1.54, 1.807) is 30.5 Å². The van der Waals surface area contributed by atoms with Crippen molar-refractivity contribution in [1.82, 2.24) is 14.9 Å². The second-order valence-electron chi connectivity index (χ2n) is 6.38. The average molecular weight is 346 g/mol. The number of carbonyl (C=O) groups excluding carboxylic acids is 1. The Morgan fingerprint density at radius 2 is 2.29 bits per heavy atom. The summed E-state index contributed by atoms with van der Waals surface area (Å²) in [6, 6.07) is 3.78. The van der Waals surface area contributed by atoms with E-state index in [0.717, 1.165) is 23.7 Å². The molecule has 1 fully saturated rings. The molecule has 1 saturated heterocycles. The Kier molecular flexibility index (Phi) is 4.82. The highest BCUT2D eigenvalue weighted by molar-refractivity contribution is 7.13. The molecular formula is C17H22N4O2S. The van der Waals surface area contributed by atoms with Crippen molar-refractivity contribution in [2.24, 2.45) is 0 Å². The number of amides is 1. The molecule has 24 heavy (non-hydrogen) atoms. The second kappa shape index (κ2) is 6.86. The van der Waals surface area contributed by atoms with E-state index in [9.17, 15) is 9.90 Å². The Hall–Kier alpha value is -1.99. The molecule has 3 heterocycles. The van der Waals surface area contributed by atoms with Gasteiger partial charge in [-0.2, -0.15) is 0 Å². The lowest BCUT2D eigenvalue weighted by atomic mass is 9.92. The Labute approximate surface area is 145 Å². The van der Waals surface area contributed by atoms with Gasteiger partial charge in [-0.25, -0.2) is 4.98 Å². The van der Waals surface area contributed by atoms with E-state index in [-0.39, 0.29) is 5.91 Å². The van der Waals surface area contributed by atoms with Crippen molar-refractivity contribution in [1.29, 1.82) is 0 Å². The molecule has 1 atom stereocenters. The van der Waals surface area contributed by atoms with Gasteiger partial charge in [0.25, 0.3) is 5.91 Å². The van der Waals surface area contributed by atoms with Crippen LogP contribution in [0, 0.1) is 6.92 Å².